The van der Waals surface area contributed by atoms with Crippen LogP contribution in [0.2, 0.25) is 0 Å². The van der Waals surface area contributed by atoms with Crippen LogP contribution in [0.15, 0.2) is 29.1 Å². The van der Waals surface area contributed by atoms with Crippen LogP contribution in [0.4, 0.5) is 0 Å². The van der Waals surface area contributed by atoms with Gasteiger partial charge in [0.05, 0.1) is 24.0 Å². The third-order valence-corrected chi connectivity index (χ3v) is 3.06. The summed E-state index contributed by atoms with van der Waals surface area (Å²) in [6.45, 7) is 3.03. The number of hydrogen-bond donors (Lipinski definition) is 2. The van der Waals surface area contributed by atoms with Crippen LogP contribution in [0.25, 0.3) is 10.9 Å². The first-order valence-electron chi connectivity index (χ1n) is 6.56. The minimum atomic E-state index is -0.178. The van der Waals surface area contributed by atoms with Crippen LogP contribution < -0.4 is 10.9 Å². The molecule has 1 aromatic heterocycles. The van der Waals surface area contributed by atoms with Gasteiger partial charge in [-0.2, -0.15) is 0 Å². The van der Waals surface area contributed by atoms with Crippen LogP contribution in [0.5, 0.6) is 0 Å². The van der Waals surface area contributed by atoms with Crippen molar-refractivity contribution < 1.29 is 4.79 Å². The summed E-state index contributed by atoms with van der Waals surface area (Å²) in [4.78, 5) is 32.6. The molecule has 1 amide bonds. The number of benzene rings is 1. The summed E-state index contributed by atoms with van der Waals surface area (Å²) in [5, 5.41) is 3.38. The van der Waals surface area contributed by atoms with Gasteiger partial charge < -0.3 is 15.2 Å². The molecule has 7 heteroatoms. The van der Waals surface area contributed by atoms with Gasteiger partial charge in [-0.25, -0.2) is 4.98 Å². The van der Waals surface area contributed by atoms with Gasteiger partial charge in [0.1, 0.15) is 5.82 Å². The summed E-state index contributed by atoms with van der Waals surface area (Å²) in [7, 11) is 1.72. The van der Waals surface area contributed by atoms with Gasteiger partial charge in [0, 0.05) is 6.54 Å². The summed E-state index contributed by atoms with van der Waals surface area (Å²) in [6.07, 6.45) is 0. The summed E-state index contributed by atoms with van der Waals surface area (Å²) in [6, 6.07) is 7.16. The average Bonchev–Trinajstić information content (AvgIpc) is 2.45. The van der Waals surface area contributed by atoms with E-state index in [0.717, 1.165) is 0 Å². The Hall–Kier alpha value is -1.92. The van der Waals surface area contributed by atoms with Crippen molar-refractivity contribution in [3.8, 4) is 0 Å². The molecule has 2 aromatic rings. The van der Waals surface area contributed by atoms with Crippen molar-refractivity contribution in [2.24, 2.45) is 0 Å². The smallest absolute Gasteiger partial charge is 0.258 e. The Bertz CT molecular complexity index is 671. The molecule has 0 unspecified atom stereocenters. The van der Waals surface area contributed by atoms with Crippen molar-refractivity contribution in [1.82, 2.24) is 20.2 Å². The number of nitrogens with zero attached hydrogens (tertiary/aromatic N) is 2. The molecule has 0 radical (unpaired) electrons. The van der Waals surface area contributed by atoms with Crippen molar-refractivity contribution in [1.29, 1.82) is 0 Å². The topological polar surface area (TPSA) is 78.1 Å². The number of carbonyl (C=O) groups is 1. The number of H-pyrrole nitrogens is 1. The molecule has 0 aliphatic carbocycles. The number of aromatic nitrogens is 2. The fraction of sp³-hybridized carbons (Fsp3) is 0.357. The summed E-state index contributed by atoms with van der Waals surface area (Å²) in [5.41, 5.74) is 0.464. The lowest BCUT2D eigenvalue weighted by molar-refractivity contribution is -0.130. The van der Waals surface area contributed by atoms with E-state index in [9.17, 15) is 9.59 Å². The van der Waals surface area contributed by atoms with E-state index in [4.69, 9.17) is 0 Å². The van der Waals surface area contributed by atoms with E-state index >= 15 is 0 Å². The molecule has 0 aliphatic heterocycles. The molecular formula is C14H19ClN4O2. The molecule has 0 atom stereocenters. The zero-order valence-corrected chi connectivity index (χ0v) is 12.9. The maximum Gasteiger partial charge on any atom is 0.258 e. The van der Waals surface area contributed by atoms with Crippen molar-refractivity contribution in [3.05, 3.63) is 40.4 Å². The van der Waals surface area contributed by atoms with Gasteiger partial charge in [0.15, 0.2) is 0 Å². The number of fused-ring (bicyclic) bond motifs is 1. The van der Waals surface area contributed by atoms with E-state index in [2.05, 4.69) is 15.3 Å². The van der Waals surface area contributed by atoms with Crippen LogP contribution in [0.1, 0.15) is 12.7 Å². The average molecular weight is 311 g/mol. The highest BCUT2D eigenvalue weighted by atomic mass is 35.5. The Morgan fingerprint density at radius 1 is 1.38 bits per heavy atom. The molecule has 21 heavy (non-hydrogen) atoms. The minimum Gasteiger partial charge on any atom is -0.334 e. The van der Waals surface area contributed by atoms with Crippen LogP contribution in [0.3, 0.4) is 0 Å². The molecule has 0 fully saturated rings. The van der Waals surface area contributed by atoms with Crippen molar-refractivity contribution in [3.63, 3.8) is 0 Å². The van der Waals surface area contributed by atoms with Crippen molar-refractivity contribution >= 4 is 29.2 Å². The van der Waals surface area contributed by atoms with Crippen LogP contribution in [0, 0.1) is 0 Å². The van der Waals surface area contributed by atoms with Crippen LogP contribution in [-0.4, -0.2) is 40.9 Å². The van der Waals surface area contributed by atoms with E-state index in [1.54, 1.807) is 30.1 Å². The highest BCUT2D eigenvalue weighted by Crippen LogP contribution is 2.07. The lowest BCUT2D eigenvalue weighted by Crippen LogP contribution is -2.37. The van der Waals surface area contributed by atoms with Gasteiger partial charge in [-0.1, -0.05) is 12.1 Å². The second-order valence-electron chi connectivity index (χ2n) is 4.47. The molecule has 114 valence electrons. The molecule has 0 saturated carbocycles. The number of carbonyl (C=O) groups excluding carboxylic acids is 1. The zero-order valence-electron chi connectivity index (χ0n) is 12.0. The molecule has 2 rings (SSSR count). The van der Waals surface area contributed by atoms with Gasteiger partial charge in [0.2, 0.25) is 5.91 Å². The highest BCUT2D eigenvalue weighted by Gasteiger charge is 2.13. The molecule has 0 spiro atoms. The number of halogens is 1. The van der Waals surface area contributed by atoms with Crippen LogP contribution in [-0.2, 0) is 11.3 Å². The molecule has 1 heterocycles. The monoisotopic (exact) mass is 310 g/mol. The quantitative estimate of drug-likeness (QED) is 0.860. The number of aromatic amines is 1. The standard InChI is InChI=1S/C14H18N4O2.ClH/c1-3-18(13(19)8-15-2)9-12-16-11-7-5-4-6-10(11)14(20)17-12;/h4-7,15H,3,8-9H2,1-2H3,(H,16,17,20);1H. The zero-order chi connectivity index (χ0) is 14.5. The minimum absolute atomic E-state index is 0. The Kier molecular flexibility index (Phi) is 6.33. The third kappa shape index (κ3) is 4.03. The number of rotatable bonds is 5. The third-order valence-electron chi connectivity index (χ3n) is 3.06. The second kappa shape index (κ2) is 7.75. The van der Waals surface area contributed by atoms with E-state index in [0.29, 0.717) is 29.8 Å². The normalized spacial score (nSPS) is 10.2. The summed E-state index contributed by atoms with van der Waals surface area (Å²) < 4.78 is 0. The van der Waals surface area contributed by atoms with Crippen molar-refractivity contribution in [2.75, 3.05) is 20.1 Å². The lowest BCUT2D eigenvalue weighted by atomic mass is 10.2. The lowest BCUT2D eigenvalue weighted by Gasteiger charge is -2.20. The SMILES string of the molecule is CCN(Cc1nc2ccccc2c(=O)[nH]1)C(=O)CNC.Cl. The van der Waals surface area contributed by atoms with Gasteiger partial charge in [-0.3, -0.25) is 9.59 Å². The largest absolute Gasteiger partial charge is 0.334 e. The molecule has 0 aliphatic rings. The second-order valence-corrected chi connectivity index (χ2v) is 4.47. The van der Waals surface area contributed by atoms with Gasteiger partial charge in [-0.15, -0.1) is 12.4 Å². The first-order valence-corrected chi connectivity index (χ1v) is 6.56. The summed E-state index contributed by atoms with van der Waals surface area (Å²) >= 11 is 0. The van der Waals surface area contributed by atoms with Gasteiger partial charge >= 0.3 is 0 Å². The molecular weight excluding hydrogens is 292 g/mol. The summed E-state index contributed by atoms with van der Waals surface area (Å²) in [5.74, 6) is 0.478. The molecule has 2 N–H and O–H groups in total. The van der Waals surface area contributed by atoms with E-state index in [-0.39, 0.29) is 30.4 Å². The van der Waals surface area contributed by atoms with Gasteiger partial charge in [-0.05, 0) is 26.1 Å². The fourth-order valence-electron chi connectivity index (χ4n) is 2.03. The maximum atomic E-state index is 12.0. The first kappa shape index (κ1) is 17.1. The Morgan fingerprint density at radius 2 is 2.10 bits per heavy atom. The van der Waals surface area contributed by atoms with Gasteiger partial charge in [0.25, 0.3) is 5.56 Å². The number of amides is 1. The Morgan fingerprint density at radius 3 is 2.76 bits per heavy atom. The number of para-hydroxylation sites is 1. The molecule has 0 bridgehead atoms. The number of nitrogens with one attached hydrogen (secondary N) is 2. The van der Waals surface area contributed by atoms with Crippen molar-refractivity contribution in [2.45, 2.75) is 13.5 Å². The van der Waals surface area contributed by atoms with E-state index < -0.39 is 0 Å². The first-order chi connectivity index (χ1) is 9.65. The maximum absolute atomic E-state index is 12.0. The van der Waals surface area contributed by atoms with E-state index in [1.165, 1.54) is 0 Å². The molecule has 6 nitrogen and oxygen atoms in total. The molecule has 1 aromatic carbocycles. The van der Waals surface area contributed by atoms with E-state index in [1.807, 2.05) is 13.0 Å². The predicted octanol–water partition coefficient (Wildman–Crippen LogP) is 0.913. The number of hydrogen-bond acceptors (Lipinski definition) is 4. The highest BCUT2D eigenvalue weighted by molar-refractivity contribution is 5.85. The predicted molar refractivity (Wildman–Crippen MR) is 84.6 cm³/mol. The Labute approximate surface area is 129 Å². The fourth-order valence-corrected chi connectivity index (χ4v) is 2.03. The Balaban J connectivity index is 0.00000220. The molecule has 0 saturated heterocycles. The van der Waals surface area contributed by atoms with Crippen LogP contribution >= 0.6 is 12.4 Å². The number of likely N-dealkylation sites (N-methyl/N-ethyl adjacent to an activating group) is 2.